The van der Waals surface area contributed by atoms with E-state index >= 15 is 0 Å². The van der Waals surface area contributed by atoms with Gasteiger partial charge in [0, 0.05) is 21.2 Å². The van der Waals surface area contributed by atoms with E-state index in [1.807, 2.05) is 42.5 Å². The van der Waals surface area contributed by atoms with Gasteiger partial charge in [-0.15, -0.1) is 0 Å². The van der Waals surface area contributed by atoms with Gasteiger partial charge in [0.2, 0.25) is 0 Å². The summed E-state index contributed by atoms with van der Waals surface area (Å²) < 4.78 is 17.4. The van der Waals surface area contributed by atoms with Crippen molar-refractivity contribution in [1.29, 1.82) is 0 Å². The normalized spacial score (nSPS) is 23.1. The fraction of sp³-hybridized carbons (Fsp3) is 0.200. The van der Waals surface area contributed by atoms with Crippen LogP contribution in [0.25, 0.3) is 0 Å². The number of nitrogens with one attached hydrogen (secondary N) is 1. The summed E-state index contributed by atoms with van der Waals surface area (Å²) in [5, 5.41) is 0. The van der Waals surface area contributed by atoms with E-state index in [9.17, 15) is 4.21 Å². The van der Waals surface area contributed by atoms with E-state index in [2.05, 4.69) is 32.8 Å². The molecule has 0 aromatic heterocycles. The monoisotopic (exact) mass is 337 g/mol. The van der Waals surface area contributed by atoms with Crippen LogP contribution in [0.1, 0.15) is 18.0 Å². The number of hydrogen-bond acceptors (Lipinski definition) is 1. The Balaban J connectivity index is 1.85. The highest BCUT2D eigenvalue weighted by atomic mass is 79.9. The van der Waals surface area contributed by atoms with Crippen LogP contribution in [0.3, 0.4) is 0 Å². The summed E-state index contributed by atoms with van der Waals surface area (Å²) in [5.74, 6) is 0.730. The number of benzene rings is 2. The molecule has 1 saturated heterocycles. The first-order valence-corrected chi connectivity index (χ1v) is 9.04. The van der Waals surface area contributed by atoms with Crippen LogP contribution < -0.4 is 4.72 Å². The number of halogens is 1. The van der Waals surface area contributed by atoms with Gasteiger partial charge in [-0.3, -0.25) is 4.21 Å². The van der Waals surface area contributed by atoms with Crippen LogP contribution >= 0.6 is 15.9 Å². The van der Waals surface area contributed by atoms with Gasteiger partial charge in [0.15, 0.2) is 0 Å². The fourth-order valence-corrected chi connectivity index (χ4v) is 5.34. The van der Waals surface area contributed by atoms with Crippen LogP contribution in [0.4, 0.5) is 0 Å². The molecule has 2 nitrogen and oxygen atoms in total. The summed E-state index contributed by atoms with van der Waals surface area (Å²) in [6, 6.07) is 18.3. The summed E-state index contributed by atoms with van der Waals surface area (Å²) in [5.41, 5.74) is 1.22. The molecule has 19 heavy (non-hydrogen) atoms. The minimum Gasteiger partial charge on any atom is -0.267 e. The average molecular weight is 338 g/mol. The van der Waals surface area contributed by atoms with Crippen molar-refractivity contribution >= 4 is 26.0 Å². The molecule has 0 saturated carbocycles. The first kappa shape index (κ1) is 13.0. The highest BCUT2D eigenvalue weighted by molar-refractivity contribution is 9.10. The smallest absolute Gasteiger partial charge is 0.0437 e. The number of hydrogen-bond donors (Lipinski definition) is 2. The van der Waals surface area contributed by atoms with E-state index in [1.54, 1.807) is 0 Å². The van der Waals surface area contributed by atoms with Gasteiger partial charge in [-0.05, 0) is 46.4 Å². The van der Waals surface area contributed by atoms with Crippen LogP contribution in [0, 0.1) is 0 Å². The minimum atomic E-state index is -2.43. The molecule has 0 bridgehead atoms. The molecule has 1 atom stereocenters. The summed E-state index contributed by atoms with van der Waals surface area (Å²) >= 11 is 3.41. The van der Waals surface area contributed by atoms with Gasteiger partial charge in [-0.25, -0.2) is 4.72 Å². The van der Waals surface area contributed by atoms with E-state index in [1.165, 1.54) is 5.56 Å². The van der Waals surface area contributed by atoms with E-state index in [4.69, 9.17) is 0 Å². The van der Waals surface area contributed by atoms with Gasteiger partial charge >= 0.3 is 0 Å². The Labute approximate surface area is 122 Å². The summed E-state index contributed by atoms with van der Waals surface area (Å²) in [6.07, 6.45) is 0.928. The summed E-state index contributed by atoms with van der Waals surface area (Å²) in [6.45, 7) is 0. The third-order valence-electron chi connectivity index (χ3n) is 3.54. The zero-order chi connectivity index (χ0) is 13.3. The van der Waals surface area contributed by atoms with Gasteiger partial charge < -0.3 is 0 Å². The maximum absolute atomic E-state index is 13.0. The van der Waals surface area contributed by atoms with Crippen molar-refractivity contribution in [3.63, 3.8) is 0 Å². The van der Waals surface area contributed by atoms with Gasteiger partial charge in [-0.2, -0.15) is 0 Å². The lowest BCUT2D eigenvalue weighted by atomic mass is 10.1. The first-order valence-electron chi connectivity index (χ1n) is 6.35. The fourth-order valence-electron chi connectivity index (χ4n) is 2.50. The van der Waals surface area contributed by atoms with E-state index in [-0.39, 0.29) is 6.04 Å². The second-order valence-corrected chi connectivity index (χ2v) is 8.44. The van der Waals surface area contributed by atoms with Crippen molar-refractivity contribution in [2.75, 3.05) is 5.75 Å². The molecule has 3 rings (SSSR count). The first-order chi connectivity index (χ1) is 9.17. The molecule has 0 spiro atoms. The zero-order valence-electron chi connectivity index (χ0n) is 10.4. The molecule has 4 heteroatoms. The van der Waals surface area contributed by atoms with Gasteiger partial charge in [0.1, 0.15) is 0 Å². The lowest BCUT2D eigenvalue weighted by molar-refractivity contribution is 0.650. The topological polar surface area (TPSA) is 29.1 Å². The maximum Gasteiger partial charge on any atom is 0.0437 e. The van der Waals surface area contributed by atoms with Crippen LogP contribution in [0.5, 0.6) is 0 Å². The second-order valence-electron chi connectivity index (χ2n) is 4.82. The lowest BCUT2D eigenvalue weighted by Crippen LogP contribution is -2.27. The molecule has 1 aliphatic rings. The largest absolute Gasteiger partial charge is 0.267 e. The predicted octanol–water partition coefficient (Wildman–Crippen LogP) is 3.47. The lowest BCUT2D eigenvalue weighted by Gasteiger charge is -2.20. The third-order valence-corrected chi connectivity index (χ3v) is 6.82. The van der Waals surface area contributed by atoms with Crippen LogP contribution in [-0.4, -0.2) is 9.96 Å². The van der Waals surface area contributed by atoms with Crippen molar-refractivity contribution in [3.8, 4) is 0 Å². The third kappa shape index (κ3) is 2.66. The van der Waals surface area contributed by atoms with Crippen molar-refractivity contribution < 1.29 is 4.21 Å². The van der Waals surface area contributed by atoms with Crippen molar-refractivity contribution in [1.82, 2.24) is 4.72 Å². The predicted molar refractivity (Wildman–Crippen MR) is 83.7 cm³/mol. The Morgan fingerprint density at radius 3 is 2.42 bits per heavy atom. The Morgan fingerprint density at radius 2 is 1.74 bits per heavy atom. The molecule has 1 heterocycles. The molecule has 1 aliphatic heterocycles. The van der Waals surface area contributed by atoms with Crippen LogP contribution in [0.15, 0.2) is 64.0 Å². The Hall–Kier alpha value is -0.970. The molecule has 0 aliphatic carbocycles. The number of thiol groups is 1. The summed E-state index contributed by atoms with van der Waals surface area (Å²) in [4.78, 5) is 0.925. The molecule has 0 radical (unpaired) electrons. The Bertz CT molecular complexity index is 612. The Kier molecular flexibility index (Phi) is 3.56. The van der Waals surface area contributed by atoms with E-state index < -0.39 is 10.1 Å². The van der Waals surface area contributed by atoms with Crippen molar-refractivity contribution in [2.45, 2.75) is 17.4 Å². The van der Waals surface area contributed by atoms with Gasteiger partial charge in [0.05, 0.1) is 0 Å². The number of rotatable bonds is 2. The average Bonchev–Trinajstić information content (AvgIpc) is 2.84. The molecule has 1 fully saturated rings. The Morgan fingerprint density at radius 1 is 1.05 bits per heavy atom. The van der Waals surface area contributed by atoms with Crippen molar-refractivity contribution in [2.24, 2.45) is 0 Å². The molecule has 0 unspecified atom stereocenters. The quantitative estimate of drug-likeness (QED) is 0.807. The molecular formula is C15H16BrNOS. The zero-order valence-corrected chi connectivity index (χ0v) is 12.9. The molecule has 1 N–H and O–H groups in total. The molecule has 100 valence electrons. The molecule has 2 aromatic carbocycles. The van der Waals surface area contributed by atoms with Crippen LogP contribution in [-0.2, 0) is 10.1 Å². The maximum atomic E-state index is 13.0. The highest BCUT2D eigenvalue weighted by Crippen LogP contribution is 2.32. The highest BCUT2D eigenvalue weighted by Gasteiger charge is 2.30. The minimum absolute atomic E-state index is 0.204. The SMILES string of the molecule is O=[SH]1(c2ccc(Br)cc2)CC[C@H](c2ccccc2)N1. The van der Waals surface area contributed by atoms with E-state index in [0.717, 1.165) is 21.5 Å². The second kappa shape index (κ2) is 5.19. The van der Waals surface area contributed by atoms with Crippen molar-refractivity contribution in [3.05, 3.63) is 64.6 Å². The van der Waals surface area contributed by atoms with E-state index in [0.29, 0.717) is 0 Å². The molecule has 0 amide bonds. The standard InChI is InChI=1S/C15H16BrNOS/c16-13-6-8-14(9-7-13)19(18)11-10-15(17-19)12-4-2-1-3-5-12/h1-9,15,19H,10-11H2,(H,17,18)/t15-/m1/s1. The molecular weight excluding hydrogens is 322 g/mol. The van der Waals surface area contributed by atoms with Gasteiger partial charge in [-0.1, -0.05) is 46.3 Å². The van der Waals surface area contributed by atoms with Gasteiger partial charge in [0.25, 0.3) is 0 Å². The summed E-state index contributed by atoms with van der Waals surface area (Å²) in [7, 11) is -2.43. The van der Waals surface area contributed by atoms with Crippen LogP contribution in [0.2, 0.25) is 0 Å². The molecule has 2 aromatic rings.